The van der Waals surface area contributed by atoms with Crippen molar-refractivity contribution in [3.05, 3.63) is 76.9 Å². The van der Waals surface area contributed by atoms with Crippen molar-refractivity contribution in [2.24, 2.45) is 5.73 Å². The summed E-state index contributed by atoms with van der Waals surface area (Å²) in [5, 5.41) is 0. The molecule has 0 saturated heterocycles. The standard InChI is InChI=1S/C17H15NO/c18-17(19)16-10-4-3-9-15(16)14-11-5-7-12-6-1-2-8-13(12)14/h1-4,6,8-11H,5,7H2,(H2,18,19). The van der Waals surface area contributed by atoms with Crippen LogP contribution in [0.5, 0.6) is 0 Å². The maximum atomic E-state index is 11.6. The number of primary amides is 1. The van der Waals surface area contributed by atoms with Crippen LogP contribution >= 0.6 is 0 Å². The van der Waals surface area contributed by atoms with Crippen LogP contribution in [0.2, 0.25) is 0 Å². The average molecular weight is 249 g/mol. The fraction of sp³-hybridized carbons (Fsp3) is 0.118. The summed E-state index contributed by atoms with van der Waals surface area (Å²) in [5.41, 5.74) is 10.7. The molecule has 2 N–H and O–H groups in total. The largest absolute Gasteiger partial charge is 0.366 e. The first-order valence-electron chi connectivity index (χ1n) is 6.45. The van der Waals surface area contributed by atoms with Gasteiger partial charge in [-0.15, -0.1) is 0 Å². The fourth-order valence-corrected chi connectivity index (χ4v) is 2.67. The number of hydrogen-bond donors (Lipinski definition) is 1. The number of hydrogen-bond acceptors (Lipinski definition) is 1. The molecule has 1 aliphatic carbocycles. The molecule has 3 rings (SSSR count). The third kappa shape index (κ3) is 2.06. The maximum absolute atomic E-state index is 11.6. The molecule has 0 bridgehead atoms. The van der Waals surface area contributed by atoms with Crippen LogP contribution in [-0.2, 0) is 6.42 Å². The van der Waals surface area contributed by atoms with Crippen LogP contribution in [-0.4, -0.2) is 5.91 Å². The number of fused-ring (bicyclic) bond motifs is 1. The van der Waals surface area contributed by atoms with Gasteiger partial charge in [-0.05, 0) is 41.2 Å². The van der Waals surface area contributed by atoms with Gasteiger partial charge in [-0.1, -0.05) is 48.5 Å². The number of rotatable bonds is 2. The lowest BCUT2D eigenvalue weighted by Gasteiger charge is -2.19. The predicted octanol–water partition coefficient (Wildman–Crippen LogP) is 3.16. The number of allylic oxidation sites excluding steroid dienone is 1. The highest BCUT2D eigenvalue weighted by Gasteiger charge is 2.17. The van der Waals surface area contributed by atoms with Gasteiger partial charge in [0.25, 0.3) is 0 Å². The minimum atomic E-state index is -0.375. The molecule has 2 heteroatoms. The Balaban J connectivity index is 2.18. The average Bonchev–Trinajstić information content (AvgIpc) is 2.46. The molecular weight excluding hydrogens is 234 g/mol. The maximum Gasteiger partial charge on any atom is 0.249 e. The number of benzene rings is 2. The number of amides is 1. The second-order valence-electron chi connectivity index (χ2n) is 4.72. The highest BCUT2D eigenvalue weighted by Crippen LogP contribution is 2.33. The summed E-state index contributed by atoms with van der Waals surface area (Å²) < 4.78 is 0. The zero-order valence-corrected chi connectivity index (χ0v) is 10.6. The van der Waals surface area contributed by atoms with Crippen molar-refractivity contribution in [3.8, 4) is 0 Å². The molecule has 0 saturated carbocycles. The van der Waals surface area contributed by atoms with E-state index >= 15 is 0 Å². The Morgan fingerprint density at radius 2 is 1.63 bits per heavy atom. The van der Waals surface area contributed by atoms with Gasteiger partial charge in [0.2, 0.25) is 5.91 Å². The second-order valence-corrected chi connectivity index (χ2v) is 4.72. The zero-order valence-electron chi connectivity index (χ0n) is 10.6. The first kappa shape index (κ1) is 11.7. The van der Waals surface area contributed by atoms with Gasteiger partial charge in [0.15, 0.2) is 0 Å². The molecule has 0 aliphatic heterocycles. The molecule has 0 atom stereocenters. The van der Waals surface area contributed by atoms with Crippen molar-refractivity contribution in [2.75, 3.05) is 0 Å². The van der Waals surface area contributed by atoms with Crippen molar-refractivity contribution >= 4 is 11.5 Å². The first-order chi connectivity index (χ1) is 9.27. The van der Waals surface area contributed by atoms with E-state index in [1.807, 2.05) is 24.3 Å². The Bertz CT molecular complexity index is 670. The quantitative estimate of drug-likeness (QED) is 0.872. The topological polar surface area (TPSA) is 43.1 Å². The predicted molar refractivity (Wildman–Crippen MR) is 76.8 cm³/mol. The lowest BCUT2D eigenvalue weighted by Crippen LogP contribution is -2.14. The number of carbonyl (C=O) groups is 1. The number of carbonyl (C=O) groups excluding carboxylic acids is 1. The van der Waals surface area contributed by atoms with E-state index in [2.05, 4.69) is 24.3 Å². The molecule has 0 fully saturated rings. The fourth-order valence-electron chi connectivity index (χ4n) is 2.67. The Morgan fingerprint density at radius 1 is 0.947 bits per heavy atom. The summed E-state index contributed by atoms with van der Waals surface area (Å²) >= 11 is 0. The monoisotopic (exact) mass is 249 g/mol. The summed E-state index contributed by atoms with van der Waals surface area (Å²) in [5.74, 6) is -0.375. The minimum absolute atomic E-state index is 0.375. The lowest BCUT2D eigenvalue weighted by atomic mass is 9.85. The van der Waals surface area contributed by atoms with E-state index in [-0.39, 0.29) is 5.91 Å². The first-order valence-corrected chi connectivity index (χ1v) is 6.45. The number of aryl methyl sites for hydroxylation is 1. The van der Waals surface area contributed by atoms with Gasteiger partial charge in [0.05, 0.1) is 0 Å². The lowest BCUT2D eigenvalue weighted by molar-refractivity contribution is 0.1000. The molecule has 0 radical (unpaired) electrons. The smallest absolute Gasteiger partial charge is 0.249 e. The third-order valence-electron chi connectivity index (χ3n) is 3.55. The molecule has 0 aromatic heterocycles. The van der Waals surface area contributed by atoms with E-state index < -0.39 is 0 Å². The van der Waals surface area contributed by atoms with E-state index in [1.54, 1.807) is 6.07 Å². The van der Waals surface area contributed by atoms with E-state index in [9.17, 15) is 4.79 Å². The van der Waals surface area contributed by atoms with Gasteiger partial charge in [-0.25, -0.2) is 0 Å². The Kier molecular flexibility index (Phi) is 2.92. The molecule has 19 heavy (non-hydrogen) atoms. The van der Waals surface area contributed by atoms with Crippen LogP contribution < -0.4 is 5.73 Å². The molecule has 2 aromatic rings. The van der Waals surface area contributed by atoms with Crippen LogP contribution in [0.1, 0.15) is 33.5 Å². The SMILES string of the molecule is NC(=O)c1ccccc1C1=CCCc2ccccc21. The molecule has 1 amide bonds. The molecule has 1 aliphatic rings. The van der Waals surface area contributed by atoms with E-state index in [0.717, 1.165) is 24.0 Å². The highest BCUT2D eigenvalue weighted by molar-refractivity contribution is 6.00. The Hall–Kier alpha value is -2.35. The van der Waals surface area contributed by atoms with Gasteiger partial charge in [0, 0.05) is 5.56 Å². The summed E-state index contributed by atoms with van der Waals surface area (Å²) in [7, 11) is 0. The molecule has 0 heterocycles. The van der Waals surface area contributed by atoms with Crippen molar-refractivity contribution in [2.45, 2.75) is 12.8 Å². The molecule has 0 spiro atoms. The summed E-state index contributed by atoms with van der Waals surface area (Å²) in [6, 6.07) is 15.9. The normalized spacial score (nSPS) is 13.6. The Morgan fingerprint density at radius 3 is 2.42 bits per heavy atom. The number of nitrogens with two attached hydrogens (primary N) is 1. The van der Waals surface area contributed by atoms with Crippen molar-refractivity contribution in [1.29, 1.82) is 0 Å². The zero-order chi connectivity index (χ0) is 13.2. The molecule has 2 nitrogen and oxygen atoms in total. The van der Waals surface area contributed by atoms with Crippen LogP contribution in [0.25, 0.3) is 5.57 Å². The summed E-state index contributed by atoms with van der Waals surface area (Å²) in [4.78, 5) is 11.6. The summed E-state index contributed by atoms with van der Waals surface area (Å²) in [6.07, 6.45) is 4.25. The Labute approximate surface area is 112 Å². The van der Waals surface area contributed by atoms with Crippen LogP contribution in [0.15, 0.2) is 54.6 Å². The van der Waals surface area contributed by atoms with Gasteiger partial charge < -0.3 is 5.73 Å². The van der Waals surface area contributed by atoms with Crippen LogP contribution in [0.4, 0.5) is 0 Å². The van der Waals surface area contributed by atoms with Crippen molar-refractivity contribution < 1.29 is 4.79 Å². The van der Waals surface area contributed by atoms with E-state index in [0.29, 0.717) is 5.56 Å². The van der Waals surface area contributed by atoms with Gasteiger partial charge in [0.1, 0.15) is 0 Å². The summed E-state index contributed by atoms with van der Waals surface area (Å²) in [6.45, 7) is 0. The highest BCUT2D eigenvalue weighted by atomic mass is 16.1. The van der Waals surface area contributed by atoms with Gasteiger partial charge in [-0.3, -0.25) is 4.79 Å². The molecular formula is C17H15NO. The van der Waals surface area contributed by atoms with Gasteiger partial charge in [-0.2, -0.15) is 0 Å². The minimum Gasteiger partial charge on any atom is -0.366 e. The van der Waals surface area contributed by atoms with Crippen LogP contribution in [0.3, 0.4) is 0 Å². The van der Waals surface area contributed by atoms with Crippen molar-refractivity contribution in [1.82, 2.24) is 0 Å². The molecule has 94 valence electrons. The van der Waals surface area contributed by atoms with Crippen molar-refractivity contribution in [3.63, 3.8) is 0 Å². The van der Waals surface area contributed by atoms with Gasteiger partial charge >= 0.3 is 0 Å². The van der Waals surface area contributed by atoms with E-state index in [4.69, 9.17) is 5.73 Å². The molecule has 2 aromatic carbocycles. The second kappa shape index (κ2) is 4.73. The molecule has 0 unspecified atom stereocenters. The third-order valence-corrected chi connectivity index (χ3v) is 3.55. The van der Waals surface area contributed by atoms with Crippen LogP contribution in [0, 0.1) is 0 Å². The van der Waals surface area contributed by atoms with E-state index in [1.165, 1.54) is 11.1 Å².